The van der Waals surface area contributed by atoms with E-state index in [9.17, 15) is 4.79 Å². The van der Waals surface area contributed by atoms with Crippen LogP contribution in [-0.4, -0.2) is 35.1 Å². The third kappa shape index (κ3) is 4.49. The van der Waals surface area contributed by atoms with Crippen LogP contribution in [0.4, 0.5) is 0 Å². The van der Waals surface area contributed by atoms with Crippen LogP contribution in [0.1, 0.15) is 25.7 Å². The minimum absolute atomic E-state index is 0.175. The number of aromatic nitrogens is 2. The molecule has 2 heterocycles. The SMILES string of the molecule is O=C(CCC1CCNCC1)NCCn1ccnc1. The zero-order chi connectivity index (χ0) is 12.6. The molecule has 18 heavy (non-hydrogen) atoms. The number of carbonyl (C=O) groups is 1. The predicted molar refractivity (Wildman–Crippen MR) is 70.1 cm³/mol. The van der Waals surface area contributed by atoms with E-state index in [-0.39, 0.29) is 5.91 Å². The van der Waals surface area contributed by atoms with Crippen LogP contribution >= 0.6 is 0 Å². The first-order chi connectivity index (χ1) is 8.84. The largest absolute Gasteiger partial charge is 0.354 e. The highest BCUT2D eigenvalue weighted by molar-refractivity contribution is 5.75. The first-order valence-corrected chi connectivity index (χ1v) is 6.78. The lowest BCUT2D eigenvalue weighted by molar-refractivity contribution is -0.121. The summed E-state index contributed by atoms with van der Waals surface area (Å²) in [4.78, 5) is 15.6. The van der Waals surface area contributed by atoms with Gasteiger partial charge in [0.2, 0.25) is 5.91 Å². The van der Waals surface area contributed by atoms with Crippen LogP contribution in [-0.2, 0) is 11.3 Å². The van der Waals surface area contributed by atoms with E-state index >= 15 is 0 Å². The van der Waals surface area contributed by atoms with Crippen molar-refractivity contribution in [2.75, 3.05) is 19.6 Å². The Morgan fingerprint density at radius 2 is 2.28 bits per heavy atom. The van der Waals surface area contributed by atoms with E-state index in [4.69, 9.17) is 0 Å². The smallest absolute Gasteiger partial charge is 0.220 e. The molecule has 0 unspecified atom stereocenters. The Labute approximate surface area is 108 Å². The van der Waals surface area contributed by atoms with Crippen molar-refractivity contribution in [1.82, 2.24) is 20.2 Å². The summed E-state index contributed by atoms with van der Waals surface area (Å²) in [5, 5.41) is 6.30. The van der Waals surface area contributed by atoms with Gasteiger partial charge in [-0.25, -0.2) is 4.98 Å². The molecule has 0 spiro atoms. The van der Waals surface area contributed by atoms with Crippen molar-refractivity contribution in [2.45, 2.75) is 32.2 Å². The van der Waals surface area contributed by atoms with Gasteiger partial charge in [-0.05, 0) is 38.3 Å². The number of imidazole rings is 1. The van der Waals surface area contributed by atoms with Crippen molar-refractivity contribution in [2.24, 2.45) is 5.92 Å². The maximum Gasteiger partial charge on any atom is 0.220 e. The second kappa shape index (κ2) is 7.16. The molecule has 1 saturated heterocycles. The lowest BCUT2D eigenvalue weighted by Crippen LogP contribution is -2.30. The molecule has 0 saturated carbocycles. The highest BCUT2D eigenvalue weighted by Crippen LogP contribution is 2.17. The van der Waals surface area contributed by atoms with Gasteiger partial charge in [0.1, 0.15) is 0 Å². The van der Waals surface area contributed by atoms with E-state index in [2.05, 4.69) is 15.6 Å². The van der Waals surface area contributed by atoms with E-state index < -0.39 is 0 Å². The van der Waals surface area contributed by atoms with E-state index in [0.717, 1.165) is 32.0 Å². The standard InChI is InChI=1S/C13H22N4O/c18-13(2-1-12-3-5-14-6-4-12)16-8-10-17-9-7-15-11-17/h7,9,11-12,14H,1-6,8,10H2,(H,16,18). The molecule has 1 aromatic heterocycles. The zero-order valence-corrected chi connectivity index (χ0v) is 10.8. The average Bonchev–Trinajstić information content (AvgIpc) is 2.91. The number of amides is 1. The molecule has 1 amide bonds. The Bertz CT molecular complexity index is 344. The van der Waals surface area contributed by atoms with Gasteiger partial charge in [0.15, 0.2) is 0 Å². The second-order valence-electron chi connectivity index (χ2n) is 4.88. The van der Waals surface area contributed by atoms with E-state index in [1.54, 1.807) is 12.5 Å². The normalized spacial score (nSPS) is 16.7. The highest BCUT2D eigenvalue weighted by atomic mass is 16.1. The third-order valence-electron chi connectivity index (χ3n) is 3.49. The van der Waals surface area contributed by atoms with Gasteiger partial charge in [0, 0.05) is 31.9 Å². The van der Waals surface area contributed by atoms with Crippen LogP contribution in [0.15, 0.2) is 18.7 Å². The van der Waals surface area contributed by atoms with Crippen molar-refractivity contribution >= 4 is 5.91 Å². The lowest BCUT2D eigenvalue weighted by atomic mass is 9.93. The first kappa shape index (κ1) is 13.1. The van der Waals surface area contributed by atoms with E-state index in [1.165, 1.54) is 12.8 Å². The van der Waals surface area contributed by atoms with Gasteiger partial charge in [-0.3, -0.25) is 4.79 Å². The summed E-state index contributed by atoms with van der Waals surface area (Å²) in [6.07, 6.45) is 9.53. The molecule has 0 atom stereocenters. The van der Waals surface area contributed by atoms with Gasteiger partial charge in [-0.15, -0.1) is 0 Å². The Morgan fingerprint density at radius 3 is 3.00 bits per heavy atom. The number of hydrogen-bond donors (Lipinski definition) is 2. The molecule has 100 valence electrons. The molecule has 1 aromatic rings. The Kier molecular flexibility index (Phi) is 5.20. The molecular weight excluding hydrogens is 228 g/mol. The third-order valence-corrected chi connectivity index (χ3v) is 3.49. The fourth-order valence-corrected chi connectivity index (χ4v) is 2.34. The second-order valence-corrected chi connectivity index (χ2v) is 4.88. The Balaban J connectivity index is 1.54. The van der Waals surface area contributed by atoms with Crippen molar-refractivity contribution < 1.29 is 4.79 Å². The maximum absolute atomic E-state index is 11.7. The molecule has 1 aliphatic heterocycles. The molecular formula is C13H22N4O. The lowest BCUT2D eigenvalue weighted by Gasteiger charge is -2.22. The summed E-state index contributed by atoms with van der Waals surface area (Å²) < 4.78 is 1.97. The molecule has 0 aliphatic carbocycles. The van der Waals surface area contributed by atoms with Crippen LogP contribution in [0.3, 0.4) is 0 Å². The molecule has 0 radical (unpaired) electrons. The van der Waals surface area contributed by atoms with E-state index in [1.807, 2.05) is 10.8 Å². The first-order valence-electron chi connectivity index (χ1n) is 6.78. The van der Waals surface area contributed by atoms with Gasteiger partial charge in [0.25, 0.3) is 0 Å². The molecule has 2 rings (SSSR count). The summed E-state index contributed by atoms with van der Waals surface area (Å²) in [7, 11) is 0. The molecule has 5 nitrogen and oxygen atoms in total. The van der Waals surface area contributed by atoms with Gasteiger partial charge in [-0.1, -0.05) is 0 Å². The number of hydrogen-bond acceptors (Lipinski definition) is 3. The molecule has 0 aromatic carbocycles. The summed E-state index contributed by atoms with van der Waals surface area (Å²) in [6, 6.07) is 0. The van der Waals surface area contributed by atoms with Crippen molar-refractivity contribution in [3.8, 4) is 0 Å². The summed E-state index contributed by atoms with van der Waals surface area (Å²) in [6.45, 7) is 3.68. The summed E-state index contributed by atoms with van der Waals surface area (Å²) >= 11 is 0. The molecule has 1 aliphatic rings. The number of rotatable bonds is 6. The van der Waals surface area contributed by atoms with Gasteiger partial charge in [-0.2, -0.15) is 0 Å². The van der Waals surface area contributed by atoms with E-state index in [0.29, 0.717) is 13.0 Å². The van der Waals surface area contributed by atoms with Gasteiger partial charge < -0.3 is 15.2 Å². The molecule has 2 N–H and O–H groups in total. The fourth-order valence-electron chi connectivity index (χ4n) is 2.34. The number of nitrogens with zero attached hydrogens (tertiary/aromatic N) is 2. The fraction of sp³-hybridized carbons (Fsp3) is 0.692. The predicted octanol–water partition coefficient (Wildman–Crippen LogP) is 0.779. The number of nitrogens with one attached hydrogen (secondary N) is 2. The van der Waals surface area contributed by atoms with Crippen LogP contribution in [0.25, 0.3) is 0 Å². The Morgan fingerprint density at radius 1 is 1.44 bits per heavy atom. The Hall–Kier alpha value is -1.36. The number of piperidine rings is 1. The topological polar surface area (TPSA) is 59.0 Å². The summed E-state index contributed by atoms with van der Waals surface area (Å²) in [5.74, 6) is 0.902. The van der Waals surface area contributed by atoms with Crippen molar-refractivity contribution in [3.05, 3.63) is 18.7 Å². The molecule has 5 heteroatoms. The zero-order valence-electron chi connectivity index (χ0n) is 10.8. The molecule has 1 fully saturated rings. The minimum atomic E-state index is 0.175. The average molecular weight is 250 g/mol. The highest BCUT2D eigenvalue weighted by Gasteiger charge is 2.14. The van der Waals surface area contributed by atoms with Crippen LogP contribution in [0.5, 0.6) is 0 Å². The minimum Gasteiger partial charge on any atom is -0.354 e. The van der Waals surface area contributed by atoms with Crippen LogP contribution in [0.2, 0.25) is 0 Å². The van der Waals surface area contributed by atoms with Gasteiger partial charge >= 0.3 is 0 Å². The summed E-state index contributed by atoms with van der Waals surface area (Å²) in [5.41, 5.74) is 0. The van der Waals surface area contributed by atoms with Crippen LogP contribution < -0.4 is 10.6 Å². The number of carbonyl (C=O) groups excluding carboxylic acids is 1. The van der Waals surface area contributed by atoms with Crippen molar-refractivity contribution in [1.29, 1.82) is 0 Å². The van der Waals surface area contributed by atoms with Crippen LogP contribution in [0, 0.1) is 5.92 Å². The van der Waals surface area contributed by atoms with Gasteiger partial charge in [0.05, 0.1) is 6.33 Å². The monoisotopic (exact) mass is 250 g/mol. The molecule has 0 bridgehead atoms. The van der Waals surface area contributed by atoms with Crippen molar-refractivity contribution in [3.63, 3.8) is 0 Å². The quantitative estimate of drug-likeness (QED) is 0.784. The maximum atomic E-state index is 11.7.